The summed E-state index contributed by atoms with van der Waals surface area (Å²) >= 11 is 0. The summed E-state index contributed by atoms with van der Waals surface area (Å²) in [6.07, 6.45) is 3.19. The molecule has 2 aromatic heterocycles. The maximum atomic E-state index is 11.9. The molecule has 0 atom stereocenters. The van der Waals surface area contributed by atoms with E-state index in [1.807, 2.05) is 26.0 Å². The molecule has 0 radical (unpaired) electrons. The number of anilines is 1. The number of hydrogen-bond donors (Lipinski definition) is 2. The molecular formula is C14H17N3O2. The molecule has 2 rings (SSSR count). The summed E-state index contributed by atoms with van der Waals surface area (Å²) in [5.41, 5.74) is 1.27. The van der Waals surface area contributed by atoms with Crippen molar-refractivity contribution in [3.05, 3.63) is 48.2 Å². The number of pyridine rings is 1. The fourth-order valence-corrected chi connectivity index (χ4v) is 1.65. The highest BCUT2D eigenvalue weighted by atomic mass is 16.3. The lowest BCUT2D eigenvalue weighted by Crippen LogP contribution is -2.23. The third-order valence-electron chi connectivity index (χ3n) is 2.45. The first-order chi connectivity index (χ1) is 9.15. The molecule has 5 heteroatoms. The second kappa shape index (κ2) is 6.04. The summed E-state index contributed by atoms with van der Waals surface area (Å²) in [5, 5.41) is 5.99. The van der Waals surface area contributed by atoms with E-state index in [1.165, 1.54) is 0 Å². The average Bonchev–Trinajstić information content (AvgIpc) is 2.88. The van der Waals surface area contributed by atoms with Gasteiger partial charge in [0.2, 0.25) is 0 Å². The van der Waals surface area contributed by atoms with E-state index in [-0.39, 0.29) is 5.91 Å². The van der Waals surface area contributed by atoms with E-state index in [0.717, 1.165) is 5.69 Å². The zero-order valence-corrected chi connectivity index (χ0v) is 11.0. The first-order valence-electron chi connectivity index (χ1n) is 6.18. The van der Waals surface area contributed by atoms with Gasteiger partial charge in [-0.3, -0.25) is 9.78 Å². The van der Waals surface area contributed by atoms with Crippen molar-refractivity contribution in [3.8, 4) is 0 Å². The van der Waals surface area contributed by atoms with Crippen LogP contribution in [0.1, 0.15) is 30.1 Å². The number of hydrogen-bond acceptors (Lipinski definition) is 4. The minimum Gasteiger partial charge on any atom is -0.467 e. The van der Waals surface area contributed by atoms with E-state index in [1.54, 1.807) is 24.6 Å². The quantitative estimate of drug-likeness (QED) is 0.865. The molecule has 0 fully saturated rings. The van der Waals surface area contributed by atoms with Gasteiger partial charge in [-0.25, -0.2) is 0 Å². The topological polar surface area (TPSA) is 67.2 Å². The van der Waals surface area contributed by atoms with Gasteiger partial charge in [-0.1, -0.05) is 0 Å². The molecular weight excluding hydrogens is 242 g/mol. The number of nitrogens with one attached hydrogen (secondary N) is 2. The van der Waals surface area contributed by atoms with Crippen molar-refractivity contribution in [1.29, 1.82) is 0 Å². The molecule has 0 aliphatic rings. The predicted octanol–water partition coefficient (Wildman–Crippen LogP) is 2.42. The number of rotatable bonds is 5. The molecule has 0 saturated heterocycles. The van der Waals surface area contributed by atoms with E-state index in [0.29, 0.717) is 24.0 Å². The molecule has 19 heavy (non-hydrogen) atoms. The van der Waals surface area contributed by atoms with Crippen molar-refractivity contribution >= 4 is 11.6 Å². The van der Waals surface area contributed by atoms with E-state index >= 15 is 0 Å². The smallest absolute Gasteiger partial charge is 0.270 e. The Labute approximate surface area is 112 Å². The van der Waals surface area contributed by atoms with Crippen molar-refractivity contribution < 1.29 is 9.21 Å². The van der Waals surface area contributed by atoms with Crippen LogP contribution in [0.15, 0.2) is 41.1 Å². The number of furan rings is 1. The van der Waals surface area contributed by atoms with Gasteiger partial charge in [0.05, 0.1) is 12.8 Å². The number of nitrogens with zero attached hydrogens (tertiary/aromatic N) is 1. The summed E-state index contributed by atoms with van der Waals surface area (Å²) < 4.78 is 5.15. The van der Waals surface area contributed by atoms with Crippen LogP contribution in [0.3, 0.4) is 0 Å². The van der Waals surface area contributed by atoms with Gasteiger partial charge in [0, 0.05) is 17.9 Å². The van der Waals surface area contributed by atoms with Crippen molar-refractivity contribution in [3.63, 3.8) is 0 Å². The second-order valence-electron chi connectivity index (χ2n) is 4.49. The minimum atomic E-state index is -0.219. The number of carbonyl (C=O) groups is 1. The van der Waals surface area contributed by atoms with Gasteiger partial charge in [0.1, 0.15) is 11.5 Å². The third kappa shape index (κ3) is 3.84. The Morgan fingerprint density at radius 3 is 2.95 bits per heavy atom. The van der Waals surface area contributed by atoms with Gasteiger partial charge in [-0.15, -0.1) is 0 Å². The monoisotopic (exact) mass is 259 g/mol. The van der Waals surface area contributed by atoms with E-state index in [9.17, 15) is 4.79 Å². The summed E-state index contributed by atoms with van der Waals surface area (Å²) in [6.45, 7) is 4.43. The highest BCUT2D eigenvalue weighted by Crippen LogP contribution is 2.09. The molecule has 0 aliphatic carbocycles. The van der Waals surface area contributed by atoms with Crippen molar-refractivity contribution in [2.75, 3.05) is 5.32 Å². The van der Waals surface area contributed by atoms with Crippen LogP contribution in [-0.2, 0) is 6.54 Å². The Hall–Kier alpha value is -2.30. The minimum absolute atomic E-state index is 0.219. The first kappa shape index (κ1) is 13.1. The van der Waals surface area contributed by atoms with E-state index in [2.05, 4.69) is 15.6 Å². The number of carbonyl (C=O) groups excluding carboxylic acids is 1. The van der Waals surface area contributed by atoms with Crippen LogP contribution in [0.2, 0.25) is 0 Å². The average molecular weight is 259 g/mol. The molecule has 5 nitrogen and oxygen atoms in total. The molecule has 100 valence electrons. The van der Waals surface area contributed by atoms with Crippen LogP contribution >= 0.6 is 0 Å². The van der Waals surface area contributed by atoms with Crippen LogP contribution in [0.5, 0.6) is 0 Å². The summed E-state index contributed by atoms with van der Waals surface area (Å²) in [5.74, 6) is 0.494. The second-order valence-corrected chi connectivity index (χ2v) is 4.49. The maximum Gasteiger partial charge on any atom is 0.270 e. The molecule has 1 amide bonds. The predicted molar refractivity (Wildman–Crippen MR) is 72.9 cm³/mol. The van der Waals surface area contributed by atoms with E-state index in [4.69, 9.17) is 4.42 Å². The van der Waals surface area contributed by atoms with E-state index < -0.39 is 0 Å². The Balaban J connectivity index is 1.98. The van der Waals surface area contributed by atoms with Gasteiger partial charge < -0.3 is 15.1 Å². The fourth-order valence-electron chi connectivity index (χ4n) is 1.65. The molecule has 2 heterocycles. The standard InChI is InChI=1S/C14H17N3O2/c1-10(2)17-11-5-6-15-13(8-11)14(18)16-9-12-4-3-7-19-12/h3-8,10H,9H2,1-2H3,(H,15,17)(H,16,18). The van der Waals surface area contributed by atoms with Crippen LogP contribution in [0.25, 0.3) is 0 Å². The Morgan fingerprint density at radius 1 is 1.42 bits per heavy atom. The zero-order valence-electron chi connectivity index (χ0n) is 11.0. The SMILES string of the molecule is CC(C)Nc1ccnc(C(=O)NCc2ccco2)c1. The lowest BCUT2D eigenvalue weighted by Gasteiger charge is -2.10. The lowest BCUT2D eigenvalue weighted by atomic mass is 10.2. The molecule has 0 aliphatic heterocycles. The maximum absolute atomic E-state index is 11.9. The van der Waals surface area contributed by atoms with Gasteiger partial charge in [0.15, 0.2) is 0 Å². The summed E-state index contributed by atoms with van der Waals surface area (Å²) in [6, 6.07) is 7.47. The Morgan fingerprint density at radius 2 is 2.26 bits per heavy atom. The van der Waals surface area contributed by atoms with Gasteiger partial charge in [-0.05, 0) is 38.1 Å². The summed E-state index contributed by atoms with van der Waals surface area (Å²) in [7, 11) is 0. The van der Waals surface area contributed by atoms with Crippen molar-refractivity contribution in [2.24, 2.45) is 0 Å². The number of aromatic nitrogens is 1. The molecule has 0 spiro atoms. The molecule has 0 unspecified atom stereocenters. The van der Waals surface area contributed by atoms with Crippen LogP contribution in [-0.4, -0.2) is 16.9 Å². The molecule has 2 aromatic rings. The summed E-state index contributed by atoms with van der Waals surface area (Å²) in [4.78, 5) is 16.0. The fraction of sp³-hybridized carbons (Fsp3) is 0.286. The van der Waals surface area contributed by atoms with Crippen LogP contribution in [0.4, 0.5) is 5.69 Å². The van der Waals surface area contributed by atoms with Crippen LogP contribution in [0, 0.1) is 0 Å². The molecule has 0 aromatic carbocycles. The zero-order chi connectivity index (χ0) is 13.7. The van der Waals surface area contributed by atoms with Gasteiger partial charge in [-0.2, -0.15) is 0 Å². The Kier molecular flexibility index (Phi) is 4.18. The van der Waals surface area contributed by atoms with Gasteiger partial charge in [0.25, 0.3) is 5.91 Å². The van der Waals surface area contributed by atoms with Gasteiger partial charge >= 0.3 is 0 Å². The Bertz CT molecular complexity index is 535. The molecule has 0 bridgehead atoms. The lowest BCUT2D eigenvalue weighted by molar-refractivity contribution is 0.0943. The van der Waals surface area contributed by atoms with Crippen LogP contribution < -0.4 is 10.6 Å². The highest BCUT2D eigenvalue weighted by Gasteiger charge is 2.08. The molecule has 2 N–H and O–H groups in total. The molecule has 0 saturated carbocycles. The normalized spacial score (nSPS) is 10.5. The first-order valence-corrected chi connectivity index (χ1v) is 6.18. The number of amides is 1. The van der Waals surface area contributed by atoms with Crippen molar-refractivity contribution in [1.82, 2.24) is 10.3 Å². The highest BCUT2D eigenvalue weighted by molar-refractivity contribution is 5.93. The largest absolute Gasteiger partial charge is 0.467 e. The third-order valence-corrected chi connectivity index (χ3v) is 2.45. The van der Waals surface area contributed by atoms with Crippen molar-refractivity contribution in [2.45, 2.75) is 26.4 Å².